The average molecular weight is 368 g/mol. The van der Waals surface area contributed by atoms with Gasteiger partial charge in [0.2, 0.25) is 15.9 Å². The summed E-state index contributed by atoms with van der Waals surface area (Å²) in [6.07, 6.45) is 0. The van der Waals surface area contributed by atoms with Crippen LogP contribution in [0.3, 0.4) is 0 Å². The van der Waals surface area contributed by atoms with Gasteiger partial charge in [-0.3, -0.25) is 4.79 Å². The molecule has 0 spiro atoms. The summed E-state index contributed by atoms with van der Waals surface area (Å²) in [7, 11) is -2.31. The summed E-state index contributed by atoms with van der Waals surface area (Å²) in [5.74, 6) is -0.190. The number of amides is 1. The van der Waals surface area contributed by atoms with Crippen LogP contribution in [0.2, 0.25) is 5.02 Å². The Morgan fingerprint density at radius 2 is 2.00 bits per heavy atom. The molecule has 1 amide bonds. The quantitative estimate of drug-likeness (QED) is 0.854. The highest BCUT2D eigenvalue weighted by molar-refractivity contribution is 7.89. The zero-order valence-corrected chi connectivity index (χ0v) is 14.5. The first kappa shape index (κ1) is 19.2. The van der Waals surface area contributed by atoms with Gasteiger partial charge in [-0.05, 0) is 18.2 Å². The predicted molar refractivity (Wildman–Crippen MR) is 88.0 cm³/mol. The van der Waals surface area contributed by atoms with Gasteiger partial charge in [-0.2, -0.15) is 4.31 Å². The summed E-state index contributed by atoms with van der Waals surface area (Å²) in [4.78, 5) is 13.9. The zero-order valence-electron chi connectivity index (χ0n) is 12.2. The van der Waals surface area contributed by atoms with Gasteiger partial charge in [0.05, 0.1) is 11.4 Å². The molecule has 1 N–H and O–H groups in total. The molecule has 1 saturated heterocycles. The van der Waals surface area contributed by atoms with E-state index in [-0.39, 0.29) is 29.8 Å². The SMILES string of the molecule is CN(CC(=O)N1CCNCC1)S(=O)(=O)c1cccc(Cl)c1.Cl. The molecule has 1 fully saturated rings. The van der Waals surface area contributed by atoms with Crippen molar-refractivity contribution in [3.63, 3.8) is 0 Å². The van der Waals surface area contributed by atoms with E-state index in [0.717, 1.165) is 17.4 Å². The van der Waals surface area contributed by atoms with Crippen LogP contribution in [0.1, 0.15) is 0 Å². The van der Waals surface area contributed by atoms with Gasteiger partial charge in [-0.1, -0.05) is 17.7 Å². The minimum absolute atomic E-state index is 0. The molecular weight excluding hydrogens is 349 g/mol. The van der Waals surface area contributed by atoms with E-state index < -0.39 is 10.0 Å². The van der Waals surface area contributed by atoms with E-state index >= 15 is 0 Å². The van der Waals surface area contributed by atoms with Gasteiger partial charge in [0, 0.05) is 38.2 Å². The highest BCUT2D eigenvalue weighted by atomic mass is 35.5. The summed E-state index contributed by atoms with van der Waals surface area (Å²) < 4.78 is 25.8. The minimum atomic E-state index is -3.71. The molecule has 1 aliphatic rings. The van der Waals surface area contributed by atoms with Gasteiger partial charge in [-0.15, -0.1) is 12.4 Å². The zero-order chi connectivity index (χ0) is 15.5. The van der Waals surface area contributed by atoms with E-state index in [9.17, 15) is 13.2 Å². The number of rotatable bonds is 4. The van der Waals surface area contributed by atoms with Crippen molar-refractivity contribution in [2.75, 3.05) is 39.8 Å². The Kier molecular flexibility index (Phi) is 7.08. The number of halogens is 2. The molecule has 1 aromatic rings. The van der Waals surface area contributed by atoms with Crippen molar-refractivity contribution in [3.05, 3.63) is 29.3 Å². The Morgan fingerprint density at radius 1 is 1.36 bits per heavy atom. The van der Waals surface area contributed by atoms with Crippen molar-refractivity contribution in [2.45, 2.75) is 4.90 Å². The van der Waals surface area contributed by atoms with Crippen molar-refractivity contribution in [2.24, 2.45) is 0 Å². The number of carbonyl (C=O) groups excluding carboxylic acids is 1. The van der Waals surface area contributed by atoms with E-state index in [1.807, 2.05) is 0 Å². The van der Waals surface area contributed by atoms with E-state index in [0.29, 0.717) is 18.1 Å². The highest BCUT2D eigenvalue weighted by Crippen LogP contribution is 2.18. The lowest BCUT2D eigenvalue weighted by atomic mass is 10.3. The second kappa shape index (κ2) is 8.12. The van der Waals surface area contributed by atoms with Crippen LogP contribution < -0.4 is 5.32 Å². The number of carbonyl (C=O) groups is 1. The van der Waals surface area contributed by atoms with Gasteiger partial charge in [0.1, 0.15) is 0 Å². The van der Waals surface area contributed by atoms with Crippen molar-refractivity contribution in [3.8, 4) is 0 Å². The topological polar surface area (TPSA) is 69.7 Å². The molecule has 0 unspecified atom stereocenters. The van der Waals surface area contributed by atoms with E-state index in [1.165, 1.54) is 19.2 Å². The van der Waals surface area contributed by atoms with Crippen LogP contribution in [0.15, 0.2) is 29.2 Å². The van der Waals surface area contributed by atoms with Crippen LogP contribution in [0.4, 0.5) is 0 Å². The highest BCUT2D eigenvalue weighted by Gasteiger charge is 2.25. The molecular formula is C13H19Cl2N3O3S. The first-order valence-corrected chi connectivity index (χ1v) is 8.43. The molecule has 0 aromatic heterocycles. The molecule has 9 heteroatoms. The number of hydrogen-bond donors (Lipinski definition) is 1. The molecule has 22 heavy (non-hydrogen) atoms. The average Bonchev–Trinajstić information content (AvgIpc) is 2.48. The third-order valence-electron chi connectivity index (χ3n) is 3.33. The van der Waals surface area contributed by atoms with Crippen molar-refractivity contribution in [1.82, 2.24) is 14.5 Å². The van der Waals surface area contributed by atoms with Crippen molar-refractivity contribution in [1.29, 1.82) is 0 Å². The van der Waals surface area contributed by atoms with Crippen LogP contribution >= 0.6 is 24.0 Å². The summed E-state index contributed by atoms with van der Waals surface area (Å²) in [5.41, 5.74) is 0. The van der Waals surface area contributed by atoms with Gasteiger partial charge >= 0.3 is 0 Å². The number of sulfonamides is 1. The lowest BCUT2D eigenvalue weighted by molar-refractivity contribution is -0.131. The van der Waals surface area contributed by atoms with Crippen LogP contribution in [0.25, 0.3) is 0 Å². The van der Waals surface area contributed by atoms with E-state index in [1.54, 1.807) is 17.0 Å². The van der Waals surface area contributed by atoms with Crippen molar-refractivity contribution >= 4 is 39.9 Å². The Hall–Kier alpha value is -0.860. The lowest BCUT2D eigenvalue weighted by Gasteiger charge is -2.29. The molecule has 0 saturated carbocycles. The molecule has 1 heterocycles. The number of benzene rings is 1. The van der Waals surface area contributed by atoms with Crippen molar-refractivity contribution < 1.29 is 13.2 Å². The summed E-state index contributed by atoms with van der Waals surface area (Å²) >= 11 is 5.82. The Balaban J connectivity index is 0.00000242. The smallest absolute Gasteiger partial charge is 0.243 e. The first-order chi connectivity index (χ1) is 9.91. The second-order valence-electron chi connectivity index (χ2n) is 4.85. The van der Waals surface area contributed by atoms with Crippen LogP contribution in [0.5, 0.6) is 0 Å². The molecule has 0 atom stereocenters. The van der Waals surface area contributed by atoms with Gasteiger partial charge in [0.25, 0.3) is 0 Å². The predicted octanol–water partition coefficient (Wildman–Crippen LogP) is 0.814. The number of hydrogen-bond acceptors (Lipinski definition) is 4. The molecule has 1 aliphatic heterocycles. The lowest BCUT2D eigenvalue weighted by Crippen LogP contribution is -2.49. The fraction of sp³-hybridized carbons (Fsp3) is 0.462. The van der Waals surface area contributed by atoms with Gasteiger partial charge < -0.3 is 10.2 Å². The Morgan fingerprint density at radius 3 is 2.59 bits per heavy atom. The van der Waals surface area contributed by atoms with Crippen LogP contribution in [0, 0.1) is 0 Å². The first-order valence-electron chi connectivity index (χ1n) is 6.61. The molecule has 0 aliphatic carbocycles. The molecule has 1 aromatic carbocycles. The van der Waals surface area contributed by atoms with E-state index in [4.69, 9.17) is 11.6 Å². The maximum Gasteiger partial charge on any atom is 0.243 e. The largest absolute Gasteiger partial charge is 0.339 e. The number of nitrogens with one attached hydrogen (secondary N) is 1. The minimum Gasteiger partial charge on any atom is -0.339 e. The van der Waals surface area contributed by atoms with Gasteiger partial charge in [-0.25, -0.2) is 8.42 Å². The standard InChI is InChI=1S/C13H18ClN3O3S.ClH/c1-16(10-13(18)17-7-5-15-6-8-17)21(19,20)12-4-2-3-11(14)9-12;/h2-4,9,15H,5-8,10H2,1H3;1H. The summed E-state index contributed by atoms with van der Waals surface area (Å²) in [6, 6.07) is 6.02. The third-order valence-corrected chi connectivity index (χ3v) is 5.37. The van der Waals surface area contributed by atoms with Gasteiger partial charge in [0.15, 0.2) is 0 Å². The molecule has 6 nitrogen and oxygen atoms in total. The molecule has 0 radical (unpaired) electrons. The fourth-order valence-corrected chi connectivity index (χ4v) is 3.52. The fourth-order valence-electron chi connectivity index (χ4n) is 2.10. The molecule has 0 bridgehead atoms. The molecule has 124 valence electrons. The number of piperazine rings is 1. The van der Waals surface area contributed by atoms with Crippen LogP contribution in [-0.4, -0.2) is 63.3 Å². The Labute approximate surface area is 141 Å². The number of likely N-dealkylation sites (N-methyl/N-ethyl adjacent to an activating group) is 1. The third kappa shape index (κ3) is 4.57. The van der Waals surface area contributed by atoms with E-state index in [2.05, 4.69) is 5.32 Å². The summed E-state index contributed by atoms with van der Waals surface area (Å²) in [6.45, 7) is 2.50. The maximum atomic E-state index is 12.4. The normalized spacial score (nSPS) is 15.5. The van der Waals surface area contributed by atoms with Crippen LogP contribution in [-0.2, 0) is 14.8 Å². The molecule has 2 rings (SSSR count). The Bertz CT molecular complexity index is 619. The summed E-state index contributed by atoms with van der Waals surface area (Å²) in [5, 5.41) is 3.49. The number of nitrogens with zero attached hydrogens (tertiary/aromatic N) is 2. The monoisotopic (exact) mass is 367 g/mol. The maximum absolute atomic E-state index is 12.4. The second-order valence-corrected chi connectivity index (χ2v) is 7.33.